The number of hydrogen-bond donors (Lipinski definition) is 0. The van der Waals surface area contributed by atoms with Gasteiger partial charge >= 0.3 is 6.23 Å². The molecule has 2 aromatic rings. The van der Waals surface area contributed by atoms with E-state index in [1.807, 2.05) is 44.2 Å². The quantitative estimate of drug-likeness (QED) is 0.600. The predicted octanol–water partition coefficient (Wildman–Crippen LogP) is 4.21. The molecule has 0 saturated carbocycles. The van der Waals surface area contributed by atoms with Crippen LogP contribution in [-0.2, 0) is 9.53 Å². The van der Waals surface area contributed by atoms with Crippen molar-refractivity contribution in [3.63, 3.8) is 0 Å². The molecule has 1 heterocycles. The summed E-state index contributed by atoms with van der Waals surface area (Å²) < 4.78 is 11.3. The van der Waals surface area contributed by atoms with Gasteiger partial charge < -0.3 is 9.47 Å². The van der Waals surface area contributed by atoms with Crippen LogP contribution in [-0.4, -0.2) is 24.0 Å². The van der Waals surface area contributed by atoms with Crippen LogP contribution in [0.1, 0.15) is 38.2 Å². The lowest BCUT2D eigenvalue weighted by Crippen LogP contribution is -2.29. The van der Waals surface area contributed by atoms with E-state index in [9.17, 15) is 14.9 Å². The second-order valence-electron chi connectivity index (χ2n) is 7.95. The van der Waals surface area contributed by atoms with Gasteiger partial charge in [-0.15, -0.1) is 0 Å². The SMILES string of the molecule is COc1ccc2ccccc2c1[C@H]1C2=C(CC(C)(C)CC2=O)O[C@@H]1[N+](=O)[O-]. The van der Waals surface area contributed by atoms with Gasteiger partial charge in [-0.3, -0.25) is 14.9 Å². The van der Waals surface area contributed by atoms with E-state index in [0.717, 1.165) is 10.8 Å². The minimum absolute atomic E-state index is 0.0782. The second-order valence-corrected chi connectivity index (χ2v) is 7.95. The predicted molar refractivity (Wildman–Crippen MR) is 100 cm³/mol. The second kappa shape index (κ2) is 6.08. The van der Waals surface area contributed by atoms with Crippen LogP contribution < -0.4 is 4.74 Å². The summed E-state index contributed by atoms with van der Waals surface area (Å²) in [5.74, 6) is 0.128. The van der Waals surface area contributed by atoms with Crippen LogP contribution in [0.5, 0.6) is 5.75 Å². The molecular formula is C21H21NO5. The Morgan fingerprint density at radius 2 is 1.93 bits per heavy atom. The summed E-state index contributed by atoms with van der Waals surface area (Å²) in [6.07, 6.45) is -0.460. The number of carbonyl (C=O) groups excluding carboxylic acids is 1. The van der Waals surface area contributed by atoms with E-state index in [-0.39, 0.29) is 11.2 Å². The molecule has 0 fully saturated rings. The molecule has 1 aliphatic heterocycles. The number of Topliss-reactive ketones (excluding diaryl/α,β-unsaturated/α-hetero) is 1. The summed E-state index contributed by atoms with van der Waals surface area (Å²) >= 11 is 0. The van der Waals surface area contributed by atoms with Crippen molar-refractivity contribution in [2.45, 2.75) is 38.8 Å². The Morgan fingerprint density at radius 3 is 2.63 bits per heavy atom. The highest BCUT2D eigenvalue weighted by Gasteiger charge is 2.53. The Labute approximate surface area is 156 Å². The van der Waals surface area contributed by atoms with E-state index >= 15 is 0 Å². The molecule has 2 aromatic carbocycles. The Morgan fingerprint density at radius 1 is 1.19 bits per heavy atom. The molecule has 0 spiro atoms. The Kier molecular flexibility index (Phi) is 3.94. The zero-order valence-corrected chi connectivity index (χ0v) is 15.5. The number of carbonyl (C=O) groups is 1. The first-order valence-corrected chi connectivity index (χ1v) is 8.94. The Balaban J connectivity index is 1.98. The lowest BCUT2D eigenvalue weighted by Gasteiger charge is -2.29. The lowest BCUT2D eigenvalue weighted by molar-refractivity contribution is -0.570. The van der Waals surface area contributed by atoms with Crippen LogP contribution in [0.3, 0.4) is 0 Å². The van der Waals surface area contributed by atoms with Crippen molar-refractivity contribution in [1.29, 1.82) is 0 Å². The fraction of sp³-hybridized carbons (Fsp3) is 0.381. The van der Waals surface area contributed by atoms with E-state index in [1.54, 1.807) is 6.07 Å². The third-order valence-electron chi connectivity index (χ3n) is 5.41. The van der Waals surface area contributed by atoms with E-state index in [1.165, 1.54) is 7.11 Å². The van der Waals surface area contributed by atoms with Crippen molar-refractivity contribution in [3.05, 3.63) is 63.4 Å². The van der Waals surface area contributed by atoms with E-state index in [4.69, 9.17) is 9.47 Å². The maximum Gasteiger partial charge on any atom is 0.364 e. The maximum absolute atomic E-state index is 13.0. The first kappa shape index (κ1) is 17.5. The summed E-state index contributed by atoms with van der Waals surface area (Å²) in [5.41, 5.74) is 0.815. The Hall–Kier alpha value is -2.89. The fourth-order valence-electron chi connectivity index (χ4n) is 4.31. The molecule has 0 amide bonds. The molecule has 0 aromatic heterocycles. The number of ketones is 1. The van der Waals surface area contributed by atoms with Crippen LogP contribution in [0, 0.1) is 15.5 Å². The smallest absolute Gasteiger partial charge is 0.364 e. The third-order valence-corrected chi connectivity index (χ3v) is 5.41. The van der Waals surface area contributed by atoms with Crippen molar-refractivity contribution in [3.8, 4) is 5.75 Å². The Bertz CT molecular complexity index is 991. The zero-order chi connectivity index (χ0) is 19.3. The number of allylic oxidation sites excluding steroid dienone is 1. The van der Waals surface area contributed by atoms with Crippen LogP contribution in [0.25, 0.3) is 10.8 Å². The van der Waals surface area contributed by atoms with Crippen molar-refractivity contribution >= 4 is 16.6 Å². The van der Waals surface area contributed by atoms with E-state index < -0.39 is 17.1 Å². The molecule has 0 saturated heterocycles. The monoisotopic (exact) mass is 367 g/mol. The summed E-state index contributed by atoms with van der Waals surface area (Å²) in [6.45, 7) is 3.95. The molecule has 6 heteroatoms. The van der Waals surface area contributed by atoms with Gasteiger partial charge in [0, 0.05) is 18.4 Å². The molecule has 1 aliphatic carbocycles. The zero-order valence-electron chi connectivity index (χ0n) is 15.5. The summed E-state index contributed by atoms with van der Waals surface area (Å²) in [7, 11) is 1.53. The van der Waals surface area contributed by atoms with Gasteiger partial charge in [0.15, 0.2) is 5.78 Å². The standard InChI is InChI=1S/C21H21NO5/c1-21(2)10-14(23)18-16(11-21)27-20(22(24)25)19(18)17-13-7-5-4-6-12(13)8-9-15(17)26-3/h4-9,19-20H,10-11H2,1-3H3/t19-,20-/m0/s1. The minimum atomic E-state index is -1.33. The molecule has 6 nitrogen and oxygen atoms in total. The van der Waals surface area contributed by atoms with E-state index in [2.05, 4.69) is 0 Å². The lowest BCUT2D eigenvalue weighted by atomic mass is 9.73. The fourth-order valence-corrected chi connectivity index (χ4v) is 4.31. The molecule has 140 valence electrons. The topological polar surface area (TPSA) is 78.7 Å². The molecule has 0 bridgehead atoms. The average molecular weight is 367 g/mol. The largest absolute Gasteiger partial charge is 0.496 e. The van der Waals surface area contributed by atoms with Crippen LogP contribution in [0.4, 0.5) is 0 Å². The molecule has 0 N–H and O–H groups in total. The number of rotatable bonds is 3. The van der Waals surface area contributed by atoms with Crippen LogP contribution >= 0.6 is 0 Å². The normalized spacial score (nSPS) is 23.9. The summed E-state index contributed by atoms with van der Waals surface area (Å²) in [4.78, 5) is 24.4. The van der Waals surface area contributed by atoms with Gasteiger partial charge in [0.25, 0.3) is 0 Å². The maximum atomic E-state index is 13.0. The van der Waals surface area contributed by atoms with Crippen LogP contribution in [0.2, 0.25) is 0 Å². The number of ether oxygens (including phenoxy) is 2. The molecule has 0 unspecified atom stereocenters. The van der Waals surface area contributed by atoms with Crippen molar-refractivity contribution in [1.82, 2.24) is 0 Å². The highest BCUT2D eigenvalue weighted by atomic mass is 16.7. The van der Waals surface area contributed by atoms with Gasteiger partial charge in [-0.2, -0.15) is 0 Å². The van der Waals surface area contributed by atoms with Crippen molar-refractivity contribution < 1.29 is 19.2 Å². The number of nitro groups is 1. The molecule has 2 atom stereocenters. The summed E-state index contributed by atoms with van der Waals surface area (Å²) in [5, 5.41) is 13.6. The molecular weight excluding hydrogens is 346 g/mol. The van der Waals surface area contributed by atoms with Crippen LogP contribution in [0.15, 0.2) is 47.7 Å². The minimum Gasteiger partial charge on any atom is -0.496 e. The van der Waals surface area contributed by atoms with Gasteiger partial charge in [0.2, 0.25) is 0 Å². The third kappa shape index (κ3) is 2.76. The first-order chi connectivity index (χ1) is 12.8. The van der Waals surface area contributed by atoms with Gasteiger partial charge in [-0.1, -0.05) is 44.2 Å². The number of fused-ring (bicyclic) bond motifs is 1. The van der Waals surface area contributed by atoms with Gasteiger partial charge in [0.05, 0.1) is 17.6 Å². The molecule has 0 radical (unpaired) electrons. The highest BCUT2D eigenvalue weighted by Crippen LogP contribution is 2.51. The van der Waals surface area contributed by atoms with Crippen molar-refractivity contribution in [2.75, 3.05) is 7.11 Å². The molecule has 4 rings (SSSR count). The number of benzene rings is 2. The average Bonchev–Trinajstić information content (AvgIpc) is 2.98. The van der Waals surface area contributed by atoms with E-state index in [0.29, 0.717) is 35.5 Å². The van der Waals surface area contributed by atoms with Crippen molar-refractivity contribution in [2.24, 2.45) is 5.41 Å². The molecule has 2 aliphatic rings. The van der Waals surface area contributed by atoms with Gasteiger partial charge in [0.1, 0.15) is 17.4 Å². The number of nitrogens with zero attached hydrogens (tertiary/aromatic N) is 1. The van der Waals surface area contributed by atoms with Gasteiger partial charge in [-0.25, -0.2) is 0 Å². The van der Waals surface area contributed by atoms with Gasteiger partial charge in [-0.05, 0) is 22.3 Å². The number of hydrogen-bond acceptors (Lipinski definition) is 5. The highest BCUT2D eigenvalue weighted by molar-refractivity contribution is 6.01. The summed E-state index contributed by atoms with van der Waals surface area (Å²) in [6, 6.07) is 11.3. The number of methoxy groups -OCH3 is 1. The molecule has 27 heavy (non-hydrogen) atoms. The first-order valence-electron chi connectivity index (χ1n) is 8.94.